The van der Waals surface area contributed by atoms with Crippen LogP contribution < -0.4 is 0 Å². The maximum absolute atomic E-state index is 12.0. The highest BCUT2D eigenvalue weighted by atomic mass is 16.5. The van der Waals surface area contributed by atoms with Gasteiger partial charge in [0.1, 0.15) is 5.75 Å². The fourth-order valence-electron chi connectivity index (χ4n) is 1.93. The SMILES string of the molecule is CCCCCOC(=O)c1cccc(O)c1C(C)C. The van der Waals surface area contributed by atoms with Gasteiger partial charge in [0, 0.05) is 5.56 Å². The number of carbonyl (C=O) groups is 1. The van der Waals surface area contributed by atoms with E-state index in [1.807, 2.05) is 13.8 Å². The van der Waals surface area contributed by atoms with Gasteiger partial charge >= 0.3 is 5.97 Å². The van der Waals surface area contributed by atoms with Crippen LogP contribution in [-0.4, -0.2) is 17.7 Å². The molecule has 3 nitrogen and oxygen atoms in total. The van der Waals surface area contributed by atoms with E-state index < -0.39 is 0 Å². The summed E-state index contributed by atoms with van der Waals surface area (Å²) in [7, 11) is 0. The number of unbranched alkanes of at least 4 members (excludes halogenated alkanes) is 2. The Balaban J connectivity index is 2.76. The van der Waals surface area contributed by atoms with Crippen molar-refractivity contribution in [2.45, 2.75) is 46.0 Å². The molecule has 0 aromatic heterocycles. The number of esters is 1. The molecule has 0 amide bonds. The predicted octanol–water partition coefficient (Wildman–Crippen LogP) is 3.86. The molecule has 0 saturated heterocycles. The molecule has 0 fully saturated rings. The van der Waals surface area contributed by atoms with Gasteiger partial charge in [-0.2, -0.15) is 0 Å². The number of aromatic hydroxyl groups is 1. The molecule has 1 rings (SSSR count). The van der Waals surface area contributed by atoms with E-state index in [1.165, 1.54) is 0 Å². The number of ether oxygens (including phenoxy) is 1. The van der Waals surface area contributed by atoms with Crippen LogP contribution in [-0.2, 0) is 4.74 Å². The molecule has 0 aliphatic carbocycles. The smallest absolute Gasteiger partial charge is 0.338 e. The van der Waals surface area contributed by atoms with Crippen molar-refractivity contribution in [1.29, 1.82) is 0 Å². The number of phenols is 1. The summed E-state index contributed by atoms with van der Waals surface area (Å²) in [4.78, 5) is 12.0. The molecule has 1 N–H and O–H groups in total. The zero-order valence-corrected chi connectivity index (χ0v) is 11.4. The molecular weight excluding hydrogens is 228 g/mol. The molecule has 0 saturated carbocycles. The van der Waals surface area contributed by atoms with Crippen LogP contribution in [0.15, 0.2) is 18.2 Å². The molecule has 1 aromatic carbocycles. The van der Waals surface area contributed by atoms with E-state index in [0.717, 1.165) is 19.3 Å². The third kappa shape index (κ3) is 3.76. The Labute approximate surface area is 109 Å². The average molecular weight is 250 g/mol. The van der Waals surface area contributed by atoms with E-state index >= 15 is 0 Å². The number of rotatable bonds is 6. The van der Waals surface area contributed by atoms with Gasteiger partial charge in [0.2, 0.25) is 0 Å². The van der Waals surface area contributed by atoms with Crippen LogP contribution >= 0.6 is 0 Å². The average Bonchev–Trinajstić information content (AvgIpc) is 2.33. The molecular formula is C15H22O3. The van der Waals surface area contributed by atoms with E-state index in [4.69, 9.17) is 4.74 Å². The summed E-state index contributed by atoms with van der Waals surface area (Å²) < 4.78 is 5.23. The van der Waals surface area contributed by atoms with E-state index in [2.05, 4.69) is 6.92 Å². The van der Waals surface area contributed by atoms with Gasteiger partial charge in [-0.15, -0.1) is 0 Å². The highest BCUT2D eigenvalue weighted by Gasteiger charge is 2.18. The number of carbonyl (C=O) groups excluding carboxylic acids is 1. The van der Waals surface area contributed by atoms with Crippen LogP contribution in [0.1, 0.15) is 61.9 Å². The summed E-state index contributed by atoms with van der Waals surface area (Å²) >= 11 is 0. The van der Waals surface area contributed by atoms with Crippen LogP contribution in [0, 0.1) is 0 Å². The largest absolute Gasteiger partial charge is 0.508 e. The predicted molar refractivity (Wildman–Crippen MR) is 72.0 cm³/mol. The Morgan fingerprint density at radius 2 is 2.06 bits per heavy atom. The van der Waals surface area contributed by atoms with Crippen LogP contribution in [0.4, 0.5) is 0 Å². The van der Waals surface area contributed by atoms with Crippen molar-refractivity contribution in [3.8, 4) is 5.75 Å². The molecule has 0 heterocycles. The molecule has 0 radical (unpaired) electrons. The van der Waals surface area contributed by atoms with E-state index in [-0.39, 0.29) is 17.6 Å². The second-order valence-corrected chi connectivity index (χ2v) is 4.74. The third-order valence-electron chi connectivity index (χ3n) is 2.86. The Bertz CT molecular complexity index is 397. The molecule has 0 atom stereocenters. The molecule has 0 bridgehead atoms. The Morgan fingerprint density at radius 1 is 1.33 bits per heavy atom. The third-order valence-corrected chi connectivity index (χ3v) is 2.86. The zero-order chi connectivity index (χ0) is 13.5. The van der Waals surface area contributed by atoms with Gasteiger partial charge in [0.15, 0.2) is 0 Å². The summed E-state index contributed by atoms with van der Waals surface area (Å²) in [5.74, 6) is -0.0943. The lowest BCUT2D eigenvalue weighted by molar-refractivity contribution is 0.0496. The molecule has 18 heavy (non-hydrogen) atoms. The van der Waals surface area contributed by atoms with Crippen LogP contribution in [0.3, 0.4) is 0 Å². The summed E-state index contributed by atoms with van der Waals surface area (Å²) in [6, 6.07) is 4.98. The minimum absolute atomic E-state index is 0.0874. The first-order valence-corrected chi connectivity index (χ1v) is 6.57. The number of hydrogen-bond donors (Lipinski definition) is 1. The monoisotopic (exact) mass is 250 g/mol. The Morgan fingerprint density at radius 3 is 2.67 bits per heavy atom. The summed E-state index contributed by atoms with van der Waals surface area (Å²) in [5.41, 5.74) is 1.14. The van der Waals surface area contributed by atoms with Gasteiger partial charge in [-0.1, -0.05) is 39.7 Å². The summed E-state index contributed by atoms with van der Waals surface area (Å²) in [6.07, 6.45) is 3.04. The lowest BCUT2D eigenvalue weighted by Crippen LogP contribution is -2.10. The van der Waals surface area contributed by atoms with Crippen molar-refractivity contribution in [2.75, 3.05) is 6.61 Å². The maximum Gasteiger partial charge on any atom is 0.338 e. The standard InChI is InChI=1S/C15H22O3/c1-4-5-6-10-18-15(17)12-8-7-9-13(16)14(12)11(2)3/h7-9,11,16H,4-6,10H2,1-3H3. The minimum atomic E-state index is -0.342. The number of phenolic OH excluding ortho intramolecular Hbond substituents is 1. The van der Waals surface area contributed by atoms with Gasteiger partial charge in [-0.3, -0.25) is 0 Å². The molecule has 100 valence electrons. The first-order valence-electron chi connectivity index (χ1n) is 6.57. The number of benzene rings is 1. The first kappa shape index (κ1) is 14.6. The molecule has 0 aliphatic heterocycles. The highest BCUT2D eigenvalue weighted by molar-refractivity contribution is 5.92. The lowest BCUT2D eigenvalue weighted by Gasteiger charge is -2.13. The molecule has 0 spiro atoms. The fraction of sp³-hybridized carbons (Fsp3) is 0.533. The summed E-state index contributed by atoms with van der Waals surface area (Å²) in [6.45, 7) is 6.44. The van der Waals surface area contributed by atoms with E-state index in [9.17, 15) is 9.90 Å². The van der Waals surface area contributed by atoms with Gasteiger partial charge in [0.05, 0.1) is 12.2 Å². The lowest BCUT2D eigenvalue weighted by atomic mass is 9.96. The topological polar surface area (TPSA) is 46.5 Å². The fourth-order valence-corrected chi connectivity index (χ4v) is 1.93. The van der Waals surface area contributed by atoms with E-state index in [1.54, 1.807) is 18.2 Å². The number of hydrogen-bond acceptors (Lipinski definition) is 3. The summed E-state index contributed by atoms with van der Waals surface area (Å²) in [5, 5.41) is 9.81. The first-order chi connectivity index (χ1) is 8.57. The molecule has 3 heteroatoms. The molecule has 0 unspecified atom stereocenters. The van der Waals surface area contributed by atoms with Crippen molar-refractivity contribution >= 4 is 5.97 Å². The van der Waals surface area contributed by atoms with Crippen LogP contribution in [0.25, 0.3) is 0 Å². The van der Waals surface area contributed by atoms with Gasteiger partial charge in [-0.05, 0) is 24.5 Å². The van der Waals surface area contributed by atoms with Crippen molar-refractivity contribution in [1.82, 2.24) is 0 Å². The van der Waals surface area contributed by atoms with Gasteiger partial charge in [0.25, 0.3) is 0 Å². The van der Waals surface area contributed by atoms with Crippen molar-refractivity contribution in [3.63, 3.8) is 0 Å². The van der Waals surface area contributed by atoms with Crippen molar-refractivity contribution < 1.29 is 14.6 Å². The molecule has 0 aliphatic rings. The van der Waals surface area contributed by atoms with Crippen LogP contribution in [0.5, 0.6) is 5.75 Å². The Hall–Kier alpha value is -1.51. The van der Waals surface area contributed by atoms with Crippen LogP contribution in [0.2, 0.25) is 0 Å². The normalized spacial score (nSPS) is 10.7. The highest BCUT2D eigenvalue weighted by Crippen LogP contribution is 2.29. The van der Waals surface area contributed by atoms with Crippen molar-refractivity contribution in [2.24, 2.45) is 0 Å². The molecule has 1 aromatic rings. The minimum Gasteiger partial charge on any atom is -0.508 e. The maximum atomic E-state index is 12.0. The second kappa shape index (κ2) is 7.04. The van der Waals surface area contributed by atoms with E-state index in [0.29, 0.717) is 17.7 Å². The van der Waals surface area contributed by atoms with Crippen molar-refractivity contribution in [3.05, 3.63) is 29.3 Å². The second-order valence-electron chi connectivity index (χ2n) is 4.74. The van der Waals surface area contributed by atoms with Gasteiger partial charge < -0.3 is 9.84 Å². The quantitative estimate of drug-likeness (QED) is 0.616. The Kier molecular flexibility index (Phi) is 5.69. The van der Waals surface area contributed by atoms with Gasteiger partial charge in [-0.25, -0.2) is 4.79 Å². The zero-order valence-electron chi connectivity index (χ0n) is 11.4.